The Morgan fingerprint density at radius 2 is 1.76 bits per heavy atom. The van der Waals surface area contributed by atoms with Crippen molar-refractivity contribution in [1.29, 1.82) is 0 Å². The average molecular weight is 446 g/mol. The van der Waals surface area contributed by atoms with Gasteiger partial charge in [0, 0.05) is 11.3 Å². The summed E-state index contributed by atoms with van der Waals surface area (Å²) in [6.45, 7) is 8.23. The van der Waals surface area contributed by atoms with Crippen molar-refractivity contribution in [2.24, 2.45) is 0 Å². The molecule has 1 N–H and O–H groups in total. The SMILES string of the molecule is CCCOc1ccc(/C(O)=C2/C(=O)C(=O)N(c3ccc(C)cc3)C2c2ccc(C)o2)cc1C. The molecule has 3 aromatic rings. The highest BCUT2D eigenvalue weighted by molar-refractivity contribution is 6.51. The monoisotopic (exact) mass is 445 g/mol. The van der Waals surface area contributed by atoms with Crippen molar-refractivity contribution in [1.82, 2.24) is 0 Å². The van der Waals surface area contributed by atoms with Crippen molar-refractivity contribution < 1.29 is 23.8 Å². The molecule has 0 spiro atoms. The average Bonchev–Trinajstić information content (AvgIpc) is 3.34. The second-order valence-electron chi connectivity index (χ2n) is 8.28. The van der Waals surface area contributed by atoms with Crippen molar-refractivity contribution >= 4 is 23.1 Å². The van der Waals surface area contributed by atoms with Crippen LogP contribution in [0.25, 0.3) is 5.76 Å². The van der Waals surface area contributed by atoms with E-state index in [-0.39, 0.29) is 11.3 Å². The van der Waals surface area contributed by atoms with E-state index < -0.39 is 17.7 Å². The summed E-state index contributed by atoms with van der Waals surface area (Å²) in [7, 11) is 0. The standard InChI is InChI=1S/C27H27NO5/c1-5-14-32-21-13-9-19(15-17(21)3)25(29)23-24(22-12-8-18(4)33-22)28(27(31)26(23)30)20-10-6-16(2)7-11-20/h6-13,15,24,29H,5,14H2,1-4H3/b25-23-. The van der Waals surface area contributed by atoms with E-state index >= 15 is 0 Å². The number of anilines is 1. The summed E-state index contributed by atoms with van der Waals surface area (Å²) in [6.07, 6.45) is 0.881. The van der Waals surface area contributed by atoms with Crippen LogP contribution in [0, 0.1) is 20.8 Å². The Balaban J connectivity index is 1.85. The third-order valence-corrected chi connectivity index (χ3v) is 5.70. The number of ketones is 1. The number of hydrogen-bond acceptors (Lipinski definition) is 5. The maximum absolute atomic E-state index is 13.2. The summed E-state index contributed by atoms with van der Waals surface area (Å²) in [5, 5.41) is 11.2. The van der Waals surface area contributed by atoms with E-state index in [0.717, 1.165) is 17.5 Å². The molecule has 1 fully saturated rings. The first-order valence-electron chi connectivity index (χ1n) is 11.0. The number of aliphatic hydroxyl groups excluding tert-OH is 1. The fraction of sp³-hybridized carbons (Fsp3) is 0.259. The zero-order valence-corrected chi connectivity index (χ0v) is 19.2. The van der Waals surface area contributed by atoms with Crippen LogP contribution in [-0.2, 0) is 9.59 Å². The summed E-state index contributed by atoms with van der Waals surface area (Å²) in [4.78, 5) is 27.7. The summed E-state index contributed by atoms with van der Waals surface area (Å²) in [5.41, 5.74) is 2.84. The molecular weight excluding hydrogens is 418 g/mol. The van der Waals surface area contributed by atoms with Crippen LogP contribution >= 0.6 is 0 Å². The molecular formula is C27H27NO5. The Morgan fingerprint density at radius 1 is 1.03 bits per heavy atom. The molecule has 1 aliphatic rings. The van der Waals surface area contributed by atoms with E-state index in [0.29, 0.717) is 35.1 Å². The number of carbonyl (C=O) groups excluding carboxylic acids is 2. The van der Waals surface area contributed by atoms with Gasteiger partial charge in [0.15, 0.2) is 0 Å². The molecule has 1 amide bonds. The van der Waals surface area contributed by atoms with E-state index in [9.17, 15) is 14.7 Å². The predicted molar refractivity (Wildman–Crippen MR) is 126 cm³/mol. The molecule has 0 aliphatic carbocycles. The molecule has 6 heteroatoms. The molecule has 1 aromatic heterocycles. The number of aryl methyl sites for hydroxylation is 3. The van der Waals surface area contributed by atoms with Crippen molar-refractivity contribution in [3.05, 3.63) is 88.4 Å². The lowest BCUT2D eigenvalue weighted by molar-refractivity contribution is -0.132. The summed E-state index contributed by atoms with van der Waals surface area (Å²) >= 11 is 0. The normalized spacial score (nSPS) is 17.6. The van der Waals surface area contributed by atoms with Gasteiger partial charge in [-0.1, -0.05) is 24.6 Å². The highest BCUT2D eigenvalue weighted by Gasteiger charge is 2.48. The number of carbonyl (C=O) groups is 2. The number of amides is 1. The van der Waals surface area contributed by atoms with Gasteiger partial charge >= 0.3 is 0 Å². The number of hydrogen-bond donors (Lipinski definition) is 1. The molecule has 1 aliphatic heterocycles. The Morgan fingerprint density at radius 3 is 2.36 bits per heavy atom. The Bertz CT molecular complexity index is 1240. The largest absolute Gasteiger partial charge is 0.507 e. The molecule has 4 rings (SSSR count). The van der Waals surface area contributed by atoms with Gasteiger partial charge in [0.2, 0.25) is 0 Å². The first kappa shape index (κ1) is 22.4. The lowest BCUT2D eigenvalue weighted by atomic mass is 9.98. The van der Waals surface area contributed by atoms with Crippen LogP contribution in [0.2, 0.25) is 0 Å². The van der Waals surface area contributed by atoms with E-state index in [4.69, 9.17) is 9.15 Å². The third-order valence-electron chi connectivity index (χ3n) is 5.70. The molecule has 6 nitrogen and oxygen atoms in total. The first-order chi connectivity index (χ1) is 15.8. The van der Waals surface area contributed by atoms with Gasteiger partial charge < -0.3 is 14.3 Å². The molecule has 2 heterocycles. The summed E-state index contributed by atoms with van der Waals surface area (Å²) in [6, 6.07) is 15.2. The third kappa shape index (κ3) is 4.16. The summed E-state index contributed by atoms with van der Waals surface area (Å²) < 4.78 is 11.6. The number of ether oxygens (including phenoxy) is 1. The molecule has 1 unspecified atom stereocenters. The van der Waals surface area contributed by atoms with E-state index in [1.165, 1.54) is 4.90 Å². The van der Waals surface area contributed by atoms with E-state index in [1.54, 1.807) is 49.4 Å². The lowest BCUT2D eigenvalue weighted by Crippen LogP contribution is -2.29. The minimum Gasteiger partial charge on any atom is -0.507 e. The zero-order chi connectivity index (χ0) is 23.7. The van der Waals surface area contributed by atoms with Crippen LogP contribution in [0.1, 0.15) is 47.6 Å². The number of benzene rings is 2. The van der Waals surface area contributed by atoms with Gasteiger partial charge in [-0.2, -0.15) is 0 Å². The second kappa shape index (κ2) is 8.98. The maximum atomic E-state index is 13.2. The Kier molecular flexibility index (Phi) is 6.09. The molecule has 1 saturated heterocycles. The van der Waals surface area contributed by atoms with Gasteiger partial charge in [0.25, 0.3) is 11.7 Å². The first-order valence-corrected chi connectivity index (χ1v) is 11.0. The molecule has 2 aromatic carbocycles. The van der Waals surface area contributed by atoms with Gasteiger partial charge in [-0.15, -0.1) is 0 Å². The topological polar surface area (TPSA) is 80.0 Å². The number of rotatable bonds is 6. The van der Waals surface area contributed by atoms with Gasteiger partial charge in [-0.25, -0.2) is 0 Å². The predicted octanol–water partition coefficient (Wildman–Crippen LogP) is 5.62. The Hall–Kier alpha value is -3.80. The fourth-order valence-corrected chi connectivity index (χ4v) is 4.00. The van der Waals surface area contributed by atoms with Crippen molar-refractivity contribution in [2.45, 2.75) is 40.2 Å². The fourth-order valence-electron chi connectivity index (χ4n) is 4.00. The van der Waals surface area contributed by atoms with Gasteiger partial charge in [-0.3, -0.25) is 14.5 Å². The molecule has 0 saturated carbocycles. The van der Waals surface area contributed by atoms with Gasteiger partial charge in [0.1, 0.15) is 29.1 Å². The van der Waals surface area contributed by atoms with E-state index in [1.807, 2.05) is 32.9 Å². The van der Waals surface area contributed by atoms with Crippen molar-refractivity contribution in [3.63, 3.8) is 0 Å². The zero-order valence-electron chi connectivity index (χ0n) is 19.2. The number of Topliss-reactive ketones (excluding diaryl/α,β-unsaturated/α-hetero) is 1. The van der Waals surface area contributed by atoms with Crippen LogP contribution in [0.3, 0.4) is 0 Å². The lowest BCUT2D eigenvalue weighted by Gasteiger charge is -2.23. The van der Waals surface area contributed by atoms with Crippen LogP contribution in [0.4, 0.5) is 5.69 Å². The highest BCUT2D eigenvalue weighted by atomic mass is 16.5. The quantitative estimate of drug-likeness (QED) is 0.303. The second-order valence-corrected chi connectivity index (χ2v) is 8.28. The van der Waals surface area contributed by atoms with Crippen molar-refractivity contribution in [3.8, 4) is 5.75 Å². The summed E-state index contributed by atoms with van der Waals surface area (Å²) in [5.74, 6) is 0.0650. The molecule has 33 heavy (non-hydrogen) atoms. The molecule has 0 radical (unpaired) electrons. The van der Waals surface area contributed by atoms with E-state index in [2.05, 4.69) is 0 Å². The smallest absolute Gasteiger partial charge is 0.300 e. The molecule has 170 valence electrons. The van der Waals surface area contributed by atoms with Gasteiger partial charge in [0.05, 0.1) is 12.2 Å². The van der Waals surface area contributed by atoms with Crippen LogP contribution in [0.5, 0.6) is 5.75 Å². The maximum Gasteiger partial charge on any atom is 0.300 e. The number of nitrogens with zero attached hydrogens (tertiary/aromatic N) is 1. The minimum atomic E-state index is -0.877. The highest BCUT2D eigenvalue weighted by Crippen LogP contribution is 2.43. The number of aliphatic hydroxyl groups is 1. The van der Waals surface area contributed by atoms with Crippen LogP contribution < -0.4 is 9.64 Å². The molecule has 1 atom stereocenters. The number of furan rings is 1. The van der Waals surface area contributed by atoms with Crippen LogP contribution in [0.15, 0.2) is 64.6 Å². The van der Waals surface area contributed by atoms with Gasteiger partial charge in [-0.05, 0) is 75.2 Å². The minimum absolute atomic E-state index is 0.00319. The molecule has 0 bridgehead atoms. The van der Waals surface area contributed by atoms with Crippen LogP contribution in [-0.4, -0.2) is 23.4 Å². The van der Waals surface area contributed by atoms with Crippen molar-refractivity contribution in [2.75, 3.05) is 11.5 Å². The Labute approximate surface area is 193 Å².